The molecule has 130 valence electrons. The van der Waals surface area contributed by atoms with Crippen LogP contribution in [-0.2, 0) is 11.4 Å². The summed E-state index contributed by atoms with van der Waals surface area (Å²) in [6.45, 7) is 0.0219. The summed E-state index contributed by atoms with van der Waals surface area (Å²) in [5.41, 5.74) is 4.80. The number of carbonyl (C=O) groups is 1. The molecule has 0 spiro atoms. The van der Waals surface area contributed by atoms with E-state index in [-0.39, 0.29) is 12.5 Å². The normalized spacial score (nSPS) is 11.2. The zero-order valence-corrected chi connectivity index (χ0v) is 14.8. The largest absolute Gasteiger partial charge is 0.456 e. The Labute approximate surface area is 158 Å². The van der Waals surface area contributed by atoms with Crippen molar-refractivity contribution in [3.8, 4) is 0 Å². The van der Waals surface area contributed by atoms with Crippen molar-refractivity contribution in [2.45, 2.75) is 6.61 Å². The lowest BCUT2D eigenvalue weighted by Gasteiger charge is -2.09. The quantitative estimate of drug-likeness (QED) is 0.492. The van der Waals surface area contributed by atoms with Gasteiger partial charge in [-0.1, -0.05) is 47.5 Å². The molecule has 1 amide bonds. The number of hydrogen-bond donors (Lipinski definition) is 1. The van der Waals surface area contributed by atoms with Gasteiger partial charge in [-0.3, -0.25) is 14.6 Å². The Balaban J connectivity index is 1.59. The summed E-state index contributed by atoms with van der Waals surface area (Å²) < 4.78 is 5.79. The monoisotopic (exact) mass is 386 g/mol. The Hall–Kier alpha value is -2.60. The zero-order valence-electron chi connectivity index (χ0n) is 13.3. The van der Waals surface area contributed by atoms with E-state index >= 15 is 0 Å². The molecule has 4 aromatic rings. The summed E-state index contributed by atoms with van der Waals surface area (Å²) in [4.78, 5) is 21.8. The van der Waals surface area contributed by atoms with E-state index in [0.29, 0.717) is 26.8 Å². The minimum absolute atomic E-state index is 0.0219. The molecule has 4 rings (SSSR count). The van der Waals surface area contributed by atoms with Gasteiger partial charge in [-0.05, 0) is 18.2 Å². The second kappa shape index (κ2) is 6.96. The number of para-hydroxylation sites is 1. The molecular weight excluding hydrogens is 375 g/mol. The van der Waals surface area contributed by atoms with Gasteiger partial charge in [0, 0.05) is 28.7 Å². The second-order valence-corrected chi connectivity index (χ2v) is 6.39. The van der Waals surface area contributed by atoms with E-state index < -0.39 is 0 Å². The fraction of sp³-hybridized carbons (Fsp3) is 0.0526. The SMILES string of the molecule is O=C(NOCc1c(Cl)cncc1Cl)c1cccc2oc3ccccc3c12. The smallest absolute Gasteiger partial charge is 0.275 e. The third-order valence-corrected chi connectivity index (χ3v) is 4.63. The summed E-state index contributed by atoms with van der Waals surface area (Å²) in [6.07, 6.45) is 2.93. The molecule has 26 heavy (non-hydrogen) atoms. The van der Waals surface area contributed by atoms with Gasteiger partial charge < -0.3 is 4.42 Å². The number of nitrogens with zero attached hydrogens (tertiary/aromatic N) is 1. The van der Waals surface area contributed by atoms with E-state index in [9.17, 15) is 4.79 Å². The summed E-state index contributed by atoms with van der Waals surface area (Å²) in [7, 11) is 0. The van der Waals surface area contributed by atoms with Gasteiger partial charge in [0.25, 0.3) is 5.91 Å². The van der Waals surface area contributed by atoms with Gasteiger partial charge in [-0.15, -0.1) is 0 Å². The van der Waals surface area contributed by atoms with Crippen LogP contribution in [0, 0.1) is 0 Å². The summed E-state index contributed by atoms with van der Waals surface area (Å²) in [5, 5.41) is 2.35. The van der Waals surface area contributed by atoms with Crippen LogP contribution >= 0.6 is 23.2 Å². The van der Waals surface area contributed by atoms with Crippen LogP contribution in [0.4, 0.5) is 0 Å². The molecule has 0 unspecified atom stereocenters. The van der Waals surface area contributed by atoms with Crippen molar-refractivity contribution in [1.29, 1.82) is 0 Å². The lowest BCUT2D eigenvalue weighted by Crippen LogP contribution is -2.23. The predicted molar refractivity (Wildman–Crippen MR) is 100 cm³/mol. The highest BCUT2D eigenvalue weighted by Crippen LogP contribution is 2.31. The van der Waals surface area contributed by atoms with E-state index in [1.807, 2.05) is 30.3 Å². The van der Waals surface area contributed by atoms with Crippen LogP contribution in [0.15, 0.2) is 59.3 Å². The van der Waals surface area contributed by atoms with Crippen LogP contribution in [-0.4, -0.2) is 10.9 Å². The van der Waals surface area contributed by atoms with Gasteiger partial charge >= 0.3 is 0 Å². The van der Waals surface area contributed by atoms with Gasteiger partial charge in [0.05, 0.1) is 15.6 Å². The third kappa shape index (κ3) is 3.01. The van der Waals surface area contributed by atoms with Crippen molar-refractivity contribution in [3.05, 3.63) is 76.0 Å². The first-order valence-electron chi connectivity index (χ1n) is 7.75. The number of halogens is 2. The molecule has 0 bridgehead atoms. The molecule has 0 atom stereocenters. The fourth-order valence-electron chi connectivity index (χ4n) is 2.77. The Bertz CT molecular complexity index is 1100. The van der Waals surface area contributed by atoms with E-state index in [0.717, 1.165) is 16.4 Å². The Morgan fingerprint density at radius 3 is 2.58 bits per heavy atom. The predicted octanol–water partition coefficient (Wildman–Crippen LogP) is 5.15. The number of carbonyl (C=O) groups excluding carboxylic acids is 1. The van der Waals surface area contributed by atoms with Crippen LogP contribution in [0.3, 0.4) is 0 Å². The van der Waals surface area contributed by atoms with Crippen LogP contribution < -0.4 is 5.48 Å². The minimum Gasteiger partial charge on any atom is -0.456 e. The molecule has 0 aliphatic carbocycles. The molecular formula is C19H12Cl2N2O3. The first-order chi connectivity index (χ1) is 12.6. The molecule has 7 heteroatoms. The van der Waals surface area contributed by atoms with Gasteiger partial charge in [0.1, 0.15) is 17.8 Å². The van der Waals surface area contributed by atoms with Crippen LogP contribution in [0.1, 0.15) is 15.9 Å². The molecule has 0 aliphatic heterocycles. The number of benzene rings is 2. The second-order valence-electron chi connectivity index (χ2n) is 5.58. The van der Waals surface area contributed by atoms with Crippen LogP contribution in [0.2, 0.25) is 10.0 Å². The Kier molecular flexibility index (Phi) is 4.51. The summed E-state index contributed by atoms with van der Waals surface area (Å²) in [5.74, 6) is -0.386. The highest BCUT2D eigenvalue weighted by molar-refractivity contribution is 6.35. The van der Waals surface area contributed by atoms with E-state index in [4.69, 9.17) is 32.5 Å². The first kappa shape index (κ1) is 16.8. The van der Waals surface area contributed by atoms with Crippen LogP contribution in [0.5, 0.6) is 0 Å². The average molecular weight is 387 g/mol. The number of fused-ring (bicyclic) bond motifs is 3. The number of pyridine rings is 1. The highest BCUT2D eigenvalue weighted by Gasteiger charge is 2.16. The number of amides is 1. The van der Waals surface area contributed by atoms with Crippen molar-refractivity contribution in [2.24, 2.45) is 0 Å². The first-order valence-corrected chi connectivity index (χ1v) is 8.51. The average Bonchev–Trinajstić information content (AvgIpc) is 3.02. The molecule has 0 aliphatic rings. The molecule has 1 N–H and O–H groups in total. The number of rotatable bonds is 4. The molecule has 2 heterocycles. The third-order valence-electron chi connectivity index (χ3n) is 3.98. The lowest BCUT2D eigenvalue weighted by molar-refractivity contribution is 0.0235. The molecule has 0 fully saturated rings. The van der Waals surface area contributed by atoms with Gasteiger partial charge in [0.2, 0.25) is 0 Å². The maximum absolute atomic E-state index is 12.6. The van der Waals surface area contributed by atoms with E-state index in [1.165, 1.54) is 12.4 Å². The highest BCUT2D eigenvalue weighted by atomic mass is 35.5. The van der Waals surface area contributed by atoms with E-state index in [1.54, 1.807) is 12.1 Å². The van der Waals surface area contributed by atoms with Crippen LogP contribution in [0.25, 0.3) is 21.9 Å². The van der Waals surface area contributed by atoms with Crippen molar-refractivity contribution in [3.63, 3.8) is 0 Å². The van der Waals surface area contributed by atoms with Crippen molar-refractivity contribution >= 4 is 51.0 Å². The summed E-state index contributed by atoms with van der Waals surface area (Å²) >= 11 is 12.1. The molecule has 0 saturated heterocycles. The maximum atomic E-state index is 12.6. The standard InChI is InChI=1S/C19H12Cl2N2O3/c20-14-8-22-9-15(21)13(14)10-25-23-19(24)12-5-3-7-17-18(12)11-4-1-2-6-16(11)26-17/h1-9H,10H2,(H,23,24). The minimum atomic E-state index is -0.386. The topological polar surface area (TPSA) is 64.4 Å². The number of furan rings is 1. The number of hydroxylamine groups is 1. The van der Waals surface area contributed by atoms with Crippen molar-refractivity contribution in [2.75, 3.05) is 0 Å². The van der Waals surface area contributed by atoms with Gasteiger partial charge in [0.15, 0.2) is 0 Å². The molecule has 0 saturated carbocycles. The number of aromatic nitrogens is 1. The van der Waals surface area contributed by atoms with Gasteiger partial charge in [-0.2, -0.15) is 0 Å². The zero-order chi connectivity index (χ0) is 18.1. The maximum Gasteiger partial charge on any atom is 0.275 e. The molecule has 5 nitrogen and oxygen atoms in total. The molecule has 2 aromatic heterocycles. The lowest BCUT2D eigenvalue weighted by atomic mass is 10.1. The van der Waals surface area contributed by atoms with Crippen molar-refractivity contribution in [1.82, 2.24) is 10.5 Å². The number of nitrogens with one attached hydrogen (secondary N) is 1. The van der Waals surface area contributed by atoms with Crippen molar-refractivity contribution < 1.29 is 14.0 Å². The Morgan fingerprint density at radius 2 is 1.77 bits per heavy atom. The van der Waals surface area contributed by atoms with Gasteiger partial charge in [-0.25, -0.2) is 5.48 Å². The molecule has 0 radical (unpaired) electrons. The number of hydrogen-bond acceptors (Lipinski definition) is 4. The summed E-state index contributed by atoms with van der Waals surface area (Å²) in [6, 6.07) is 12.9. The fourth-order valence-corrected chi connectivity index (χ4v) is 3.24. The Morgan fingerprint density at radius 1 is 1.04 bits per heavy atom. The van der Waals surface area contributed by atoms with E-state index in [2.05, 4.69) is 10.5 Å². The molecule has 2 aromatic carbocycles.